The van der Waals surface area contributed by atoms with E-state index in [9.17, 15) is 4.79 Å². The van der Waals surface area contributed by atoms with Crippen molar-refractivity contribution in [2.45, 2.75) is 38.1 Å². The molecule has 1 aliphatic carbocycles. The zero-order chi connectivity index (χ0) is 17.6. The summed E-state index contributed by atoms with van der Waals surface area (Å²) < 4.78 is 0. The average molecular weight is 338 g/mol. The van der Waals surface area contributed by atoms with Gasteiger partial charge in [-0.1, -0.05) is 19.3 Å². The molecule has 2 aromatic rings. The normalized spacial score (nSPS) is 15.8. The van der Waals surface area contributed by atoms with Crippen LogP contribution in [0.2, 0.25) is 0 Å². The van der Waals surface area contributed by atoms with Crippen molar-refractivity contribution in [3.63, 3.8) is 0 Å². The maximum atomic E-state index is 12.2. The molecule has 1 fully saturated rings. The summed E-state index contributed by atoms with van der Waals surface area (Å²) in [6.45, 7) is 0. The molecule has 0 saturated heterocycles. The Balaban J connectivity index is 1.75. The van der Waals surface area contributed by atoms with Crippen LogP contribution in [-0.4, -0.2) is 28.3 Å². The smallest absolute Gasteiger partial charge is 0.320 e. The van der Waals surface area contributed by atoms with Gasteiger partial charge in [-0.3, -0.25) is 10.3 Å². The molecule has 5 N–H and O–H groups in total. The van der Waals surface area contributed by atoms with Gasteiger partial charge in [-0.15, -0.1) is 0 Å². The first kappa shape index (κ1) is 16.9. The lowest BCUT2D eigenvalue weighted by molar-refractivity contribution is 0.244. The lowest BCUT2D eigenvalue weighted by atomic mass is 9.96. The zero-order valence-corrected chi connectivity index (χ0v) is 14.0. The van der Waals surface area contributed by atoms with E-state index in [1.807, 2.05) is 0 Å². The van der Waals surface area contributed by atoms with E-state index in [-0.39, 0.29) is 12.1 Å². The Morgan fingerprint density at radius 3 is 2.76 bits per heavy atom. The molecule has 1 aliphatic rings. The molecule has 2 amide bonds. The Morgan fingerprint density at radius 2 is 2.04 bits per heavy atom. The van der Waals surface area contributed by atoms with Crippen molar-refractivity contribution < 1.29 is 4.79 Å². The number of fused-ring (bicyclic) bond motifs is 1. The number of nitrogens with zero attached hydrogens (tertiary/aromatic N) is 2. The fourth-order valence-corrected chi connectivity index (χ4v) is 3.05. The third-order valence-electron chi connectivity index (χ3n) is 4.39. The van der Waals surface area contributed by atoms with Gasteiger partial charge in [0.15, 0.2) is 0 Å². The fraction of sp³-hybridized carbons (Fsp3) is 0.333. The van der Waals surface area contributed by atoms with Crippen LogP contribution in [0.25, 0.3) is 16.6 Å². The highest BCUT2D eigenvalue weighted by molar-refractivity contribution is 6.08. The van der Waals surface area contributed by atoms with Gasteiger partial charge in [-0.2, -0.15) is 0 Å². The van der Waals surface area contributed by atoms with E-state index in [1.54, 1.807) is 24.4 Å². The van der Waals surface area contributed by atoms with Crippen LogP contribution in [0.5, 0.6) is 0 Å². The Morgan fingerprint density at radius 1 is 1.24 bits per heavy atom. The first-order valence-electron chi connectivity index (χ1n) is 8.46. The molecule has 0 unspecified atom stereocenters. The van der Waals surface area contributed by atoms with Gasteiger partial charge in [-0.25, -0.2) is 9.78 Å². The quantitative estimate of drug-likeness (QED) is 0.641. The number of urea groups is 1. The SMILES string of the molecule is N=C/C(=C\N)c1cnc2ccc(NC(=O)NC3CCCCC3)nc2c1. The van der Waals surface area contributed by atoms with Crippen molar-refractivity contribution in [2.75, 3.05) is 5.32 Å². The molecule has 0 aromatic carbocycles. The monoisotopic (exact) mass is 338 g/mol. The third kappa shape index (κ3) is 4.12. The van der Waals surface area contributed by atoms with Gasteiger partial charge < -0.3 is 16.5 Å². The predicted octanol–water partition coefficient (Wildman–Crippen LogP) is 3.03. The highest BCUT2D eigenvalue weighted by Crippen LogP contribution is 2.19. The third-order valence-corrected chi connectivity index (χ3v) is 4.39. The lowest BCUT2D eigenvalue weighted by Gasteiger charge is -2.22. The summed E-state index contributed by atoms with van der Waals surface area (Å²) in [5.41, 5.74) is 8.13. The Hall–Kier alpha value is -2.96. The van der Waals surface area contributed by atoms with E-state index < -0.39 is 0 Å². The number of aromatic nitrogens is 2. The first-order chi connectivity index (χ1) is 12.2. The molecular weight excluding hydrogens is 316 g/mol. The summed E-state index contributed by atoms with van der Waals surface area (Å²) in [4.78, 5) is 20.9. The summed E-state index contributed by atoms with van der Waals surface area (Å²) in [5.74, 6) is 0.466. The second kappa shape index (κ2) is 7.74. The van der Waals surface area contributed by atoms with Crippen molar-refractivity contribution >= 4 is 34.7 Å². The summed E-state index contributed by atoms with van der Waals surface area (Å²) in [7, 11) is 0. The summed E-state index contributed by atoms with van der Waals surface area (Å²) in [6.07, 6.45) is 9.81. The summed E-state index contributed by atoms with van der Waals surface area (Å²) in [5, 5.41) is 13.2. The molecule has 3 rings (SSSR count). The Labute approximate surface area is 146 Å². The molecule has 130 valence electrons. The second-order valence-electron chi connectivity index (χ2n) is 6.16. The van der Waals surface area contributed by atoms with Crippen LogP contribution in [0.15, 0.2) is 30.6 Å². The summed E-state index contributed by atoms with van der Waals surface area (Å²) >= 11 is 0. The van der Waals surface area contributed by atoms with E-state index in [0.29, 0.717) is 28.0 Å². The first-order valence-corrected chi connectivity index (χ1v) is 8.46. The average Bonchev–Trinajstić information content (AvgIpc) is 2.63. The number of nitrogens with one attached hydrogen (secondary N) is 3. The number of rotatable bonds is 4. The second-order valence-corrected chi connectivity index (χ2v) is 6.16. The van der Waals surface area contributed by atoms with Crippen molar-refractivity contribution in [3.8, 4) is 0 Å². The van der Waals surface area contributed by atoms with Crippen LogP contribution in [-0.2, 0) is 0 Å². The Bertz CT molecular complexity index is 810. The molecule has 25 heavy (non-hydrogen) atoms. The lowest BCUT2D eigenvalue weighted by Crippen LogP contribution is -2.39. The van der Waals surface area contributed by atoms with E-state index in [4.69, 9.17) is 11.1 Å². The van der Waals surface area contributed by atoms with Crippen molar-refractivity contribution in [3.05, 3.63) is 36.2 Å². The van der Waals surface area contributed by atoms with Gasteiger partial charge >= 0.3 is 6.03 Å². The number of allylic oxidation sites excluding steroid dienone is 1. The molecular formula is C18H22N6O. The fourth-order valence-electron chi connectivity index (χ4n) is 3.05. The molecule has 0 atom stereocenters. The van der Waals surface area contributed by atoms with Gasteiger partial charge in [0, 0.05) is 35.8 Å². The van der Waals surface area contributed by atoms with Crippen LogP contribution in [0.3, 0.4) is 0 Å². The number of hydrogen-bond donors (Lipinski definition) is 4. The van der Waals surface area contributed by atoms with Crippen LogP contribution in [0.1, 0.15) is 37.7 Å². The molecule has 0 spiro atoms. The van der Waals surface area contributed by atoms with Crippen LogP contribution in [0, 0.1) is 5.41 Å². The molecule has 0 aliphatic heterocycles. The predicted molar refractivity (Wildman–Crippen MR) is 99.5 cm³/mol. The number of nitrogens with two attached hydrogens (primary N) is 1. The molecule has 1 saturated carbocycles. The van der Waals surface area contributed by atoms with E-state index in [0.717, 1.165) is 25.7 Å². The highest BCUT2D eigenvalue weighted by atomic mass is 16.2. The van der Waals surface area contributed by atoms with Crippen molar-refractivity contribution in [1.29, 1.82) is 5.41 Å². The van der Waals surface area contributed by atoms with Gasteiger partial charge in [0.2, 0.25) is 0 Å². The Kier molecular flexibility index (Phi) is 5.23. The van der Waals surface area contributed by atoms with E-state index >= 15 is 0 Å². The minimum Gasteiger partial charge on any atom is -0.404 e. The maximum Gasteiger partial charge on any atom is 0.320 e. The zero-order valence-electron chi connectivity index (χ0n) is 14.0. The number of anilines is 1. The van der Waals surface area contributed by atoms with Gasteiger partial charge in [-0.05, 0) is 31.0 Å². The molecule has 7 nitrogen and oxygen atoms in total. The maximum absolute atomic E-state index is 12.2. The molecule has 0 radical (unpaired) electrons. The van der Waals surface area contributed by atoms with Crippen LogP contribution >= 0.6 is 0 Å². The van der Waals surface area contributed by atoms with Crippen molar-refractivity contribution in [2.24, 2.45) is 5.73 Å². The molecule has 2 aromatic heterocycles. The van der Waals surface area contributed by atoms with Gasteiger partial charge in [0.1, 0.15) is 5.82 Å². The number of carbonyl (C=O) groups excluding carboxylic acids is 1. The van der Waals surface area contributed by atoms with Crippen molar-refractivity contribution in [1.82, 2.24) is 15.3 Å². The largest absolute Gasteiger partial charge is 0.404 e. The van der Waals surface area contributed by atoms with E-state index in [1.165, 1.54) is 18.8 Å². The number of pyridine rings is 2. The minimum absolute atomic E-state index is 0.232. The molecule has 7 heteroatoms. The highest BCUT2D eigenvalue weighted by Gasteiger charge is 2.16. The summed E-state index contributed by atoms with van der Waals surface area (Å²) in [6, 6.07) is 5.35. The van der Waals surface area contributed by atoms with E-state index in [2.05, 4.69) is 20.6 Å². The van der Waals surface area contributed by atoms with Gasteiger partial charge in [0.05, 0.1) is 11.0 Å². The number of amides is 2. The molecule has 2 heterocycles. The number of hydrogen-bond acceptors (Lipinski definition) is 5. The van der Waals surface area contributed by atoms with Crippen LogP contribution < -0.4 is 16.4 Å². The number of carbonyl (C=O) groups is 1. The molecule has 0 bridgehead atoms. The topological polar surface area (TPSA) is 117 Å². The standard InChI is InChI=1S/C18H22N6O/c19-9-13(10-20)12-8-16-15(21-11-12)6-7-17(23-16)24-18(25)22-14-4-2-1-3-5-14/h6-11,14,19H,1-5,20H2,(H2,22,23,24,25)/b13-10+,19-9?. The van der Waals surface area contributed by atoms with Crippen LogP contribution in [0.4, 0.5) is 10.6 Å². The van der Waals surface area contributed by atoms with Gasteiger partial charge in [0.25, 0.3) is 0 Å². The minimum atomic E-state index is -0.232.